The summed E-state index contributed by atoms with van der Waals surface area (Å²) < 4.78 is 0. The van der Waals surface area contributed by atoms with Gasteiger partial charge in [-0.2, -0.15) is 0 Å². The van der Waals surface area contributed by atoms with Gasteiger partial charge in [-0.25, -0.2) is 9.97 Å². The topological polar surface area (TPSA) is 70.7 Å². The Hall–Kier alpha value is -2.53. The van der Waals surface area contributed by atoms with E-state index < -0.39 is 0 Å². The molecule has 0 amide bonds. The summed E-state index contributed by atoms with van der Waals surface area (Å²) in [7, 11) is 0. The molecule has 2 aromatic heterocycles. The SMILES string of the molecule is O=c1ccc2nc(C3CCC4NCCCC4C3)c(-c3ccccc3)nc2[nH]1. The molecule has 0 bridgehead atoms. The van der Waals surface area contributed by atoms with E-state index in [4.69, 9.17) is 9.97 Å². The third-order valence-corrected chi connectivity index (χ3v) is 6.16. The predicted octanol–water partition coefficient (Wildman–Crippen LogP) is 3.62. The van der Waals surface area contributed by atoms with Crippen LogP contribution in [0.4, 0.5) is 0 Å². The van der Waals surface area contributed by atoms with Gasteiger partial charge >= 0.3 is 0 Å². The van der Waals surface area contributed by atoms with E-state index in [9.17, 15) is 4.79 Å². The fraction of sp³-hybridized carbons (Fsp3) is 0.409. The Bertz CT molecular complexity index is 1010. The molecule has 2 aliphatic rings. The summed E-state index contributed by atoms with van der Waals surface area (Å²) in [5.41, 5.74) is 4.26. The Kier molecular flexibility index (Phi) is 4.24. The van der Waals surface area contributed by atoms with Gasteiger partial charge in [0.25, 0.3) is 0 Å². The van der Waals surface area contributed by atoms with Crippen LogP contribution in [0.3, 0.4) is 0 Å². The Balaban J connectivity index is 1.61. The number of benzene rings is 1. The minimum absolute atomic E-state index is 0.141. The summed E-state index contributed by atoms with van der Waals surface area (Å²) in [4.78, 5) is 24.4. The van der Waals surface area contributed by atoms with Gasteiger partial charge in [0.05, 0.1) is 11.4 Å². The molecule has 0 spiro atoms. The van der Waals surface area contributed by atoms with Crippen LogP contribution in [0.2, 0.25) is 0 Å². The molecule has 1 aromatic carbocycles. The number of hydrogen-bond acceptors (Lipinski definition) is 4. The van der Waals surface area contributed by atoms with E-state index in [2.05, 4.69) is 22.4 Å². The second-order valence-electron chi connectivity index (χ2n) is 7.85. The van der Waals surface area contributed by atoms with Gasteiger partial charge in [0, 0.05) is 23.6 Å². The van der Waals surface area contributed by atoms with E-state index in [0.29, 0.717) is 17.6 Å². The van der Waals surface area contributed by atoms with Crippen LogP contribution in [0.15, 0.2) is 47.3 Å². The molecule has 0 radical (unpaired) electrons. The molecule has 1 aliphatic carbocycles. The summed E-state index contributed by atoms with van der Waals surface area (Å²) >= 11 is 0. The quantitative estimate of drug-likeness (QED) is 0.732. The maximum absolute atomic E-state index is 11.7. The maximum atomic E-state index is 11.7. The number of nitrogens with zero attached hydrogens (tertiary/aromatic N) is 2. The molecular formula is C22H24N4O. The van der Waals surface area contributed by atoms with E-state index in [1.54, 1.807) is 6.07 Å². The van der Waals surface area contributed by atoms with E-state index >= 15 is 0 Å². The Morgan fingerprint density at radius 3 is 2.74 bits per heavy atom. The summed E-state index contributed by atoms with van der Waals surface area (Å²) in [5.74, 6) is 1.15. The van der Waals surface area contributed by atoms with Crippen molar-refractivity contribution in [2.24, 2.45) is 5.92 Å². The first kappa shape index (κ1) is 16.6. The second-order valence-corrected chi connectivity index (χ2v) is 7.85. The fourth-order valence-electron chi connectivity index (χ4n) is 4.83. The summed E-state index contributed by atoms with van der Waals surface area (Å²) in [6.45, 7) is 1.16. The lowest BCUT2D eigenvalue weighted by Crippen LogP contribution is -2.44. The smallest absolute Gasteiger partial charge is 0.249 e. The Morgan fingerprint density at radius 1 is 0.963 bits per heavy atom. The molecule has 5 rings (SSSR count). The summed E-state index contributed by atoms with van der Waals surface area (Å²) in [6.07, 6.45) is 6.08. The fourth-order valence-corrected chi connectivity index (χ4v) is 4.83. The van der Waals surface area contributed by atoms with Crippen molar-refractivity contribution in [3.05, 3.63) is 58.5 Å². The first-order valence-corrected chi connectivity index (χ1v) is 9.98. The first-order chi connectivity index (χ1) is 13.3. The monoisotopic (exact) mass is 360 g/mol. The number of fused-ring (bicyclic) bond motifs is 2. The van der Waals surface area contributed by atoms with Crippen LogP contribution in [0.1, 0.15) is 43.7 Å². The van der Waals surface area contributed by atoms with Gasteiger partial charge in [-0.1, -0.05) is 30.3 Å². The average Bonchev–Trinajstić information content (AvgIpc) is 2.73. The van der Waals surface area contributed by atoms with Crippen LogP contribution in [-0.2, 0) is 0 Å². The molecular weight excluding hydrogens is 336 g/mol. The number of piperidine rings is 1. The lowest BCUT2D eigenvalue weighted by Gasteiger charge is -2.40. The van der Waals surface area contributed by atoms with E-state index in [1.165, 1.54) is 31.7 Å². The molecule has 1 aliphatic heterocycles. The highest BCUT2D eigenvalue weighted by atomic mass is 16.1. The van der Waals surface area contributed by atoms with Crippen molar-refractivity contribution in [1.29, 1.82) is 0 Å². The lowest BCUT2D eigenvalue weighted by molar-refractivity contribution is 0.193. The van der Waals surface area contributed by atoms with Crippen LogP contribution in [0.5, 0.6) is 0 Å². The van der Waals surface area contributed by atoms with Crippen LogP contribution in [-0.4, -0.2) is 27.5 Å². The molecule has 3 unspecified atom stereocenters. The van der Waals surface area contributed by atoms with Crippen molar-refractivity contribution >= 4 is 11.2 Å². The van der Waals surface area contributed by atoms with E-state index in [1.807, 2.05) is 18.2 Å². The zero-order valence-corrected chi connectivity index (χ0v) is 15.3. The van der Waals surface area contributed by atoms with Crippen LogP contribution in [0, 0.1) is 5.92 Å². The van der Waals surface area contributed by atoms with Gasteiger partial charge in [0.15, 0.2) is 5.65 Å². The number of rotatable bonds is 2. The molecule has 5 nitrogen and oxygen atoms in total. The molecule has 1 saturated heterocycles. The van der Waals surface area contributed by atoms with E-state index in [-0.39, 0.29) is 5.56 Å². The highest BCUT2D eigenvalue weighted by Gasteiger charge is 2.34. The summed E-state index contributed by atoms with van der Waals surface area (Å²) in [5, 5.41) is 3.70. The van der Waals surface area contributed by atoms with Gasteiger partial charge in [0.1, 0.15) is 5.52 Å². The van der Waals surface area contributed by atoms with Crippen LogP contribution >= 0.6 is 0 Å². The van der Waals surface area contributed by atoms with Crippen molar-refractivity contribution in [3.63, 3.8) is 0 Å². The molecule has 27 heavy (non-hydrogen) atoms. The molecule has 3 aromatic rings. The standard InChI is InChI=1S/C22H24N4O/c27-19-11-10-18-22(25-19)26-20(14-5-2-1-3-6-14)21(24-18)16-8-9-17-15(13-16)7-4-12-23-17/h1-3,5-6,10-11,15-17,23H,4,7-9,12-13H2,(H,25,26,27). The van der Waals surface area contributed by atoms with Crippen molar-refractivity contribution < 1.29 is 0 Å². The second kappa shape index (κ2) is 6.89. The summed E-state index contributed by atoms with van der Waals surface area (Å²) in [6, 6.07) is 14.2. The van der Waals surface area contributed by atoms with Crippen LogP contribution in [0.25, 0.3) is 22.4 Å². The number of hydrogen-bond donors (Lipinski definition) is 2. The largest absolute Gasteiger partial charge is 0.314 e. The van der Waals surface area contributed by atoms with Crippen LogP contribution < -0.4 is 10.9 Å². The number of aromatic amines is 1. The third-order valence-electron chi connectivity index (χ3n) is 6.16. The van der Waals surface area contributed by atoms with Gasteiger partial charge < -0.3 is 10.3 Å². The van der Waals surface area contributed by atoms with E-state index in [0.717, 1.165) is 41.4 Å². The zero-order chi connectivity index (χ0) is 18.2. The average molecular weight is 360 g/mol. The van der Waals surface area contributed by atoms with Gasteiger partial charge in [-0.05, 0) is 50.6 Å². The molecule has 138 valence electrons. The van der Waals surface area contributed by atoms with Gasteiger partial charge in [0.2, 0.25) is 5.56 Å². The Morgan fingerprint density at radius 2 is 1.85 bits per heavy atom. The molecule has 5 heteroatoms. The van der Waals surface area contributed by atoms with Crippen molar-refractivity contribution in [1.82, 2.24) is 20.3 Å². The highest BCUT2D eigenvalue weighted by molar-refractivity contribution is 5.75. The number of aromatic nitrogens is 3. The normalized spacial score (nSPS) is 25.3. The third kappa shape index (κ3) is 3.16. The molecule has 2 N–H and O–H groups in total. The lowest BCUT2D eigenvalue weighted by atomic mass is 9.73. The first-order valence-electron chi connectivity index (χ1n) is 9.98. The number of H-pyrrole nitrogens is 1. The minimum Gasteiger partial charge on any atom is -0.314 e. The molecule has 1 saturated carbocycles. The predicted molar refractivity (Wildman–Crippen MR) is 107 cm³/mol. The van der Waals surface area contributed by atoms with Crippen molar-refractivity contribution in [2.45, 2.75) is 44.1 Å². The highest BCUT2D eigenvalue weighted by Crippen LogP contribution is 2.41. The van der Waals surface area contributed by atoms with Gasteiger partial charge in [-0.15, -0.1) is 0 Å². The molecule has 3 heterocycles. The zero-order valence-electron chi connectivity index (χ0n) is 15.3. The maximum Gasteiger partial charge on any atom is 0.249 e. The number of pyridine rings is 1. The molecule has 2 fully saturated rings. The van der Waals surface area contributed by atoms with Gasteiger partial charge in [-0.3, -0.25) is 4.79 Å². The Labute approximate surface area is 158 Å². The number of nitrogens with one attached hydrogen (secondary N) is 2. The molecule has 3 atom stereocenters. The van der Waals surface area contributed by atoms with Crippen molar-refractivity contribution in [3.8, 4) is 11.3 Å². The van der Waals surface area contributed by atoms with Crippen molar-refractivity contribution in [2.75, 3.05) is 6.54 Å². The minimum atomic E-state index is -0.141.